The van der Waals surface area contributed by atoms with Crippen molar-refractivity contribution >= 4 is 13.7 Å². The van der Waals surface area contributed by atoms with E-state index in [0.717, 1.165) is 32.1 Å². The van der Waals surface area contributed by atoms with Gasteiger partial charge in [-0.1, -0.05) is 83.5 Å². The predicted molar refractivity (Wildman–Crippen MR) is 102 cm³/mol. The average Bonchev–Trinajstić information content (AvgIpc) is 2.59. The zero-order chi connectivity index (χ0) is 19.5. The van der Waals surface area contributed by atoms with E-state index in [2.05, 4.69) is 4.52 Å². The Hall–Kier alpha value is -0.460. The van der Waals surface area contributed by atoms with Crippen LogP contribution < -0.4 is 5.48 Å². The third kappa shape index (κ3) is 21.6. The van der Waals surface area contributed by atoms with Gasteiger partial charge in [0.15, 0.2) is 0 Å². The summed E-state index contributed by atoms with van der Waals surface area (Å²) in [5.74, 6) is -0.293. The Bertz CT molecular complexity index is 375. The molecule has 0 aliphatic rings. The van der Waals surface area contributed by atoms with Crippen LogP contribution in [-0.2, 0) is 13.9 Å². The van der Waals surface area contributed by atoms with Gasteiger partial charge in [0.05, 0.1) is 6.61 Å². The molecule has 4 N–H and O–H groups in total. The van der Waals surface area contributed by atoms with Gasteiger partial charge in [0.1, 0.15) is 0 Å². The average molecular weight is 395 g/mol. The van der Waals surface area contributed by atoms with E-state index in [1.807, 2.05) is 0 Å². The van der Waals surface area contributed by atoms with E-state index in [9.17, 15) is 9.36 Å². The van der Waals surface area contributed by atoms with Crippen LogP contribution in [-0.4, -0.2) is 27.5 Å². The summed E-state index contributed by atoms with van der Waals surface area (Å²) in [7, 11) is -4.28. The van der Waals surface area contributed by atoms with Gasteiger partial charge in [-0.3, -0.25) is 14.5 Å². The second-order valence-corrected chi connectivity index (χ2v) is 8.15. The number of phosphoric ester groups is 1. The van der Waals surface area contributed by atoms with E-state index in [4.69, 9.17) is 15.0 Å². The summed E-state index contributed by atoms with van der Waals surface area (Å²) < 4.78 is 14.9. The predicted octanol–water partition coefficient (Wildman–Crippen LogP) is 4.84. The molecule has 0 heterocycles. The minimum Gasteiger partial charge on any atom is -0.303 e. The first-order valence-corrected chi connectivity index (χ1v) is 11.6. The Morgan fingerprint density at radius 2 is 1.04 bits per heavy atom. The molecular formula is C18H38NO6P. The number of carbonyl (C=O) groups excluding carboxylic acids is 1. The zero-order valence-electron chi connectivity index (χ0n) is 16.0. The Balaban J connectivity index is 3.07. The first kappa shape index (κ1) is 25.5. The fraction of sp³-hybridized carbons (Fsp3) is 0.944. The van der Waals surface area contributed by atoms with E-state index in [0.29, 0.717) is 12.8 Å². The maximum absolute atomic E-state index is 10.8. The summed E-state index contributed by atoms with van der Waals surface area (Å²) in [6.45, 7) is 0.141. The topological polar surface area (TPSA) is 116 Å². The molecule has 0 saturated carbocycles. The maximum Gasteiger partial charge on any atom is 0.469 e. The summed E-state index contributed by atoms with van der Waals surface area (Å²) >= 11 is 0. The minimum atomic E-state index is -4.28. The number of rotatable bonds is 19. The highest BCUT2D eigenvalue weighted by molar-refractivity contribution is 7.46. The molecule has 0 atom stereocenters. The van der Waals surface area contributed by atoms with Crippen LogP contribution in [0.4, 0.5) is 0 Å². The summed E-state index contributed by atoms with van der Waals surface area (Å²) in [5.41, 5.74) is 1.65. The minimum absolute atomic E-state index is 0.141. The van der Waals surface area contributed by atoms with Crippen molar-refractivity contribution < 1.29 is 28.9 Å². The van der Waals surface area contributed by atoms with Crippen LogP contribution in [0.25, 0.3) is 0 Å². The number of hydrogen-bond donors (Lipinski definition) is 4. The van der Waals surface area contributed by atoms with Gasteiger partial charge >= 0.3 is 7.82 Å². The second kappa shape index (κ2) is 17.9. The van der Waals surface area contributed by atoms with Crippen LogP contribution in [0.3, 0.4) is 0 Å². The molecule has 0 spiro atoms. The smallest absolute Gasteiger partial charge is 0.303 e. The number of hydroxylamine groups is 1. The zero-order valence-corrected chi connectivity index (χ0v) is 16.9. The first-order chi connectivity index (χ1) is 12.5. The monoisotopic (exact) mass is 395 g/mol. The molecule has 156 valence electrons. The first-order valence-electron chi connectivity index (χ1n) is 10.1. The fourth-order valence-corrected chi connectivity index (χ4v) is 3.29. The number of unbranched alkanes of at least 4 members (excludes halogenated alkanes) is 14. The summed E-state index contributed by atoms with van der Waals surface area (Å²) in [5, 5.41) is 8.37. The van der Waals surface area contributed by atoms with Crippen molar-refractivity contribution in [3.8, 4) is 0 Å². The number of phosphoric acid groups is 1. The Morgan fingerprint density at radius 3 is 1.38 bits per heavy atom. The van der Waals surface area contributed by atoms with Crippen molar-refractivity contribution in [3.05, 3.63) is 0 Å². The second-order valence-electron chi connectivity index (χ2n) is 6.91. The van der Waals surface area contributed by atoms with E-state index in [1.54, 1.807) is 5.48 Å². The van der Waals surface area contributed by atoms with Crippen LogP contribution in [0.15, 0.2) is 0 Å². The number of amides is 1. The molecule has 0 rings (SSSR count). The highest BCUT2D eigenvalue weighted by Gasteiger charge is 2.12. The third-order valence-electron chi connectivity index (χ3n) is 4.43. The van der Waals surface area contributed by atoms with Crippen molar-refractivity contribution in [3.63, 3.8) is 0 Å². The van der Waals surface area contributed by atoms with Crippen molar-refractivity contribution in [2.75, 3.05) is 6.61 Å². The molecule has 0 aromatic rings. The summed E-state index contributed by atoms with van der Waals surface area (Å²) in [4.78, 5) is 27.9. The quantitative estimate of drug-likeness (QED) is 0.108. The molecule has 0 radical (unpaired) electrons. The Kier molecular flexibility index (Phi) is 17.6. The molecule has 0 aromatic carbocycles. The third-order valence-corrected chi connectivity index (χ3v) is 4.95. The lowest BCUT2D eigenvalue weighted by molar-refractivity contribution is -0.129. The van der Waals surface area contributed by atoms with Gasteiger partial charge in [-0.05, 0) is 12.8 Å². The van der Waals surface area contributed by atoms with E-state index in [1.165, 1.54) is 57.8 Å². The maximum atomic E-state index is 10.8. The van der Waals surface area contributed by atoms with E-state index in [-0.39, 0.29) is 12.5 Å². The lowest BCUT2D eigenvalue weighted by Gasteiger charge is -2.05. The van der Waals surface area contributed by atoms with Crippen LogP contribution in [0, 0.1) is 0 Å². The lowest BCUT2D eigenvalue weighted by Crippen LogP contribution is -2.17. The van der Waals surface area contributed by atoms with E-state index >= 15 is 0 Å². The molecule has 0 bridgehead atoms. The molecule has 8 heteroatoms. The van der Waals surface area contributed by atoms with Crippen LogP contribution >= 0.6 is 7.82 Å². The standard InChI is InChI=1S/C18H38NO6P/c20-18(19-21)16-14-12-10-8-6-4-2-1-3-5-7-9-11-13-15-17-25-26(22,23)24/h21H,1-17H2,(H,19,20)(H2,22,23,24). The van der Waals surface area contributed by atoms with Crippen LogP contribution in [0.2, 0.25) is 0 Å². The van der Waals surface area contributed by atoms with Gasteiger partial charge < -0.3 is 9.79 Å². The number of carbonyl (C=O) groups is 1. The van der Waals surface area contributed by atoms with Gasteiger partial charge in [0.2, 0.25) is 5.91 Å². The Morgan fingerprint density at radius 1 is 0.692 bits per heavy atom. The highest BCUT2D eigenvalue weighted by Crippen LogP contribution is 2.35. The summed E-state index contributed by atoms with van der Waals surface area (Å²) in [6.07, 6.45) is 17.6. The van der Waals surface area contributed by atoms with Crippen molar-refractivity contribution in [1.82, 2.24) is 5.48 Å². The van der Waals surface area contributed by atoms with Gasteiger partial charge in [0.25, 0.3) is 0 Å². The van der Waals surface area contributed by atoms with Crippen molar-refractivity contribution in [1.29, 1.82) is 0 Å². The van der Waals surface area contributed by atoms with Crippen molar-refractivity contribution in [2.24, 2.45) is 0 Å². The number of nitrogens with one attached hydrogen (secondary N) is 1. The van der Waals surface area contributed by atoms with Gasteiger partial charge in [-0.15, -0.1) is 0 Å². The van der Waals surface area contributed by atoms with E-state index < -0.39 is 7.82 Å². The largest absolute Gasteiger partial charge is 0.469 e. The Labute approximate surface area is 158 Å². The molecule has 0 unspecified atom stereocenters. The van der Waals surface area contributed by atoms with Crippen LogP contribution in [0.1, 0.15) is 103 Å². The molecule has 0 fully saturated rings. The van der Waals surface area contributed by atoms with Gasteiger partial charge in [-0.25, -0.2) is 10.0 Å². The summed E-state index contributed by atoms with van der Waals surface area (Å²) in [6, 6.07) is 0. The molecule has 0 aliphatic carbocycles. The molecule has 0 aromatic heterocycles. The fourth-order valence-electron chi connectivity index (χ4n) is 2.93. The SMILES string of the molecule is O=C(CCCCCCCCCCCCCCCCCOP(=O)(O)O)NO. The van der Waals surface area contributed by atoms with Gasteiger partial charge in [-0.2, -0.15) is 0 Å². The molecule has 7 nitrogen and oxygen atoms in total. The highest BCUT2D eigenvalue weighted by atomic mass is 31.2. The molecule has 0 saturated heterocycles. The molecule has 0 aliphatic heterocycles. The molecule has 1 amide bonds. The van der Waals surface area contributed by atoms with Crippen LogP contribution in [0.5, 0.6) is 0 Å². The molecular weight excluding hydrogens is 357 g/mol. The lowest BCUT2D eigenvalue weighted by atomic mass is 10.0. The van der Waals surface area contributed by atoms with Gasteiger partial charge in [0, 0.05) is 6.42 Å². The molecule has 26 heavy (non-hydrogen) atoms. The number of hydrogen-bond acceptors (Lipinski definition) is 4. The normalized spacial score (nSPS) is 11.7. The van der Waals surface area contributed by atoms with Crippen molar-refractivity contribution in [2.45, 2.75) is 103 Å².